The lowest BCUT2D eigenvalue weighted by atomic mass is 9.88. The van der Waals surface area contributed by atoms with E-state index in [1.807, 2.05) is 24.1 Å². The van der Waals surface area contributed by atoms with Crippen molar-refractivity contribution in [2.45, 2.75) is 63.1 Å². The molecule has 3 atom stereocenters. The fourth-order valence-electron chi connectivity index (χ4n) is 9.24. The van der Waals surface area contributed by atoms with Crippen molar-refractivity contribution in [2.24, 2.45) is 24.6 Å². The van der Waals surface area contributed by atoms with Gasteiger partial charge in [0.25, 0.3) is 5.91 Å². The largest absolute Gasteiger partial charge is 0.494 e. The Balaban J connectivity index is 1.01. The number of methoxy groups -OCH3 is 1. The number of aromatic nitrogens is 3. The van der Waals surface area contributed by atoms with Crippen molar-refractivity contribution >= 4 is 39.4 Å². The summed E-state index contributed by atoms with van der Waals surface area (Å²) in [6, 6.07) is 19.1. The average Bonchev–Trinajstić information content (AvgIpc) is 3.54. The second-order valence-corrected chi connectivity index (χ2v) is 15.4. The van der Waals surface area contributed by atoms with Crippen LogP contribution in [0.1, 0.15) is 60.4 Å². The van der Waals surface area contributed by atoms with Crippen molar-refractivity contribution in [3.05, 3.63) is 77.6 Å². The van der Waals surface area contributed by atoms with E-state index in [0.717, 1.165) is 67.9 Å². The van der Waals surface area contributed by atoms with Gasteiger partial charge in [0.2, 0.25) is 5.91 Å². The first-order chi connectivity index (χ1) is 25.3. The second kappa shape index (κ2) is 13.0. The molecule has 2 aromatic heterocycles. The summed E-state index contributed by atoms with van der Waals surface area (Å²) in [5, 5.41) is 3.92. The number of nitrogens with two attached hydrogens (primary N) is 1. The van der Waals surface area contributed by atoms with Gasteiger partial charge in [-0.05, 0) is 105 Å². The van der Waals surface area contributed by atoms with Crippen LogP contribution in [-0.4, -0.2) is 81.1 Å². The van der Waals surface area contributed by atoms with E-state index < -0.39 is 5.82 Å². The molecule has 270 valence electrons. The number of nitrogens with one attached hydrogen (secondary N) is 1. The summed E-state index contributed by atoms with van der Waals surface area (Å²) in [6.07, 6.45) is 6.36. The highest BCUT2D eigenvalue weighted by molar-refractivity contribution is 6.01. The van der Waals surface area contributed by atoms with Crippen LogP contribution >= 0.6 is 0 Å². The van der Waals surface area contributed by atoms with Gasteiger partial charge in [-0.2, -0.15) is 0 Å². The van der Waals surface area contributed by atoms with Gasteiger partial charge in [-0.1, -0.05) is 30.3 Å². The minimum absolute atomic E-state index is 0.000639. The van der Waals surface area contributed by atoms with Gasteiger partial charge in [-0.15, -0.1) is 0 Å². The maximum atomic E-state index is 14.1. The first-order valence-electron chi connectivity index (χ1n) is 18.8. The van der Waals surface area contributed by atoms with Crippen molar-refractivity contribution in [1.82, 2.24) is 23.9 Å². The zero-order chi connectivity index (χ0) is 35.7. The summed E-state index contributed by atoms with van der Waals surface area (Å²) >= 11 is 0. The molecule has 3 N–H and O–H groups in total. The van der Waals surface area contributed by atoms with Crippen LogP contribution in [0.3, 0.4) is 0 Å². The van der Waals surface area contributed by atoms with Crippen LogP contribution < -0.4 is 15.8 Å². The zero-order valence-electron chi connectivity index (χ0n) is 29.9. The molecule has 0 unspecified atom stereocenters. The van der Waals surface area contributed by atoms with Crippen molar-refractivity contribution in [3.8, 4) is 17.3 Å². The number of imidazole rings is 1. The summed E-state index contributed by atoms with van der Waals surface area (Å²) in [5.41, 5.74) is 12.5. The molecule has 2 saturated carbocycles. The molecule has 2 bridgehead atoms. The Morgan fingerprint density at radius 1 is 0.981 bits per heavy atom. The Morgan fingerprint density at radius 3 is 2.50 bits per heavy atom. The molecule has 4 aliphatic rings. The quantitative estimate of drug-likeness (QED) is 0.191. The van der Waals surface area contributed by atoms with E-state index in [-0.39, 0.29) is 36.1 Å². The summed E-state index contributed by atoms with van der Waals surface area (Å²) in [6.45, 7) is 3.46. The van der Waals surface area contributed by atoms with E-state index in [4.69, 9.17) is 15.5 Å². The highest BCUT2D eigenvalue weighted by Gasteiger charge is 2.47. The number of anilines is 1. The Labute approximate surface area is 302 Å². The van der Waals surface area contributed by atoms with Crippen molar-refractivity contribution in [3.63, 3.8) is 0 Å². The number of halogens is 1. The average molecular weight is 704 g/mol. The number of aryl methyl sites for hydroxylation is 1. The lowest BCUT2D eigenvalue weighted by molar-refractivity contribution is -0.117. The first-order valence-corrected chi connectivity index (χ1v) is 18.8. The third-order valence-corrected chi connectivity index (χ3v) is 12.2. The van der Waals surface area contributed by atoms with Crippen LogP contribution in [0.5, 0.6) is 5.75 Å². The number of nitrogens with zero attached hydrogens (tertiary/aromatic N) is 5. The fraction of sp³-hybridized carbons (Fsp3) is 0.439. The van der Waals surface area contributed by atoms with Gasteiger partial charge in [0.15, 0.2) is 5.82 Å². The van der Waals surface area contributed by atoms with E-state index in [1.165, 1.54) is 35.4 Å². The lowest BCUT2D eigenvalue weighted by Gasteiger charge is -2.32. The fourth-order valence-corrected chi connectivity index (χ4v) is 9.24. The molecule has 2 aliphatic carbocycles. The number of amides is 2. The number of piperidine rings is 2. The second-order valence-electron chi connectivity index (χ2n) is 15.4. The molecular weight excluding hydrogens is 657 g/mol. The number of carbonyl (C=O) groups is 2. The van der Waals surface area contributed by atoms with E-state index in [2.05, 4.69) is 43.6 Å². The Kier molecular flexibility index (Phi) is 8.30. The molecule has 52 heavy (non-hydrogen) atoms. The third kappa shape index (κ3) is 5.74. The van der Waals surface area contributed by atoms with Crippen molar-refractivity contribution < 1.29 is 18.7 Å². The molecule has 9 rings (SSSR count). The Hall–Kier alpha value is -4.74. The molecule has 3 aromatic carbocycles. The molecular formula is C41H46FN7O3. The standard InChI is InChI=1S/C41H46FN7O3/c1-46-39-32(18-28(20-35(39)52-2)41(51)49-22-27-12-13-33(49)37(27)43)45-40(46)34-19-26-6-5-7-29(38(26)48(34)21-24-10-11-24)25-14-16-47(17-15-25)23-36(50)44-31-9-4-3-8-30(31)42/h3-9,18-20,24-25,27,33,37H,10-17,21-23,43H2,1-2H3,(H,44,50)/t27-,33-,37-/m1/s1. The van der Waals surface area contributed by atoms with Gasteiger partial charge in [0.05, 0.1) is 36.1 Å². The number of para-hydroxylation sites is 2. The molecule has 2 amide bonds. The first kappa shape index (κ1) is 33.1. The van der Waals surface area contributed by atoms with Gasteiger partial charge in [0.1, 0.15) is 17.1 Å². The number of fused-ring (bicyclic) bond motifs is 4. The van der Waals surface area contributed by atoms with Crippen LogP contribution in [0.2, 0.25) is 0 Å². The van der Waals surface area contributed by atoms with Crippen molar-refractivity contribution in [2.75, 3.05) is 38.6 Å². The minimum atomic E-state index is -0.427. The van der Waals surface area contributed by atoms with E-state index in [1.54, 1.807) is 25.3 Å². The highest BCUT2D eigenvalue weighted by atomic mass is 19.1. The van der Waals surface area contributed by atoms with E-state index in [9.17, 15) is 14.0 Å². The van der Waals surface area contributed by atoms with Crippen LogP contribution in [0, 0.1) is 17.7 Å². The molecule has 10 nitrogen and oxygen atoms in total. The molecule has 5 aromatic rings. The van der Waals surface area contributed by atoms with E-state index in [0.29, 0.717) is 35.6 Å². The SMILES string of the molecule is COc1cc(C(=O)N2C[C@H]3CC[C@@H]2[C@@H]3N)cc2nc(-c3cc4cccc(C5CCN(CC(=O)Nc6ccccc6F)CC5)c4n3CC3CC3)n(C)c12. The summed E-state index contributed by atoms with van der Waals surface area (Å²) in [4.78, 5) is 36.0. The molecule has 2 aliphatic heterocycles. The van der Waals surface area contributed by atoms with Gasteiger partial charge in [-0.3, -0.25) is 14.5 Å². The molecule has 0 spiro atoms. The lowest BCUT2D eigenvalue weighted by Crippen LogP contribution is -2.41. The number of carbonyl (C=O) groups excluding carboxylic acids is 2. The Bertz CT molecular complexity index is 2200. The molecule has 11 heteroatoms. The zero-order valence-corrected chi connectivity index (χ0v) is 29.9. The predicted molar refractivity (Wildman–Crippen MR) is 200 cm³/mol. The number of likely N-dealkylation sites (tertiary alicyclic amines) is 2. The molecule has 0 radical (unpaired) electrons. The van der Waals surface area contributed by atoms with Gasteiger partial charge >= 0.3 is 0 Å². The Morgan fingerprint density at radius 2 is 1.79 bits per heavy atom. The topological polar surface area (TPSA) is 111 Å². The van der Waals surface area contributed by atoms with Crippen LogP contribution in [0.4, 0.5) is 10.1 Å². The summed E-state index contributed by atoms with van der Waals surface area (Å²) < 4.78 is 24.6. The maximum Gasteiger partial charge on any atom is 0.254 e. The normalized spacial score (nSPS) is 22.2. The molecule has 4 fully saturated rings. The number of ether oxygens (including phenoxy) is 1. The van der Waals surface area contributed by atoms with E-state index >= 15 is 0 Å². The molecule has 2 saturated heterocycles. The number of benzene rings is 3. The third-order valence-electron chi connectivity index (χ3n) is 12.2. The van der Waals surface area contributed by atoms with Crippen LogP contribution in [0.25, 0.3) is 33.5 Å². The van der Waals surface area contributed by atoms with Gasteiger partial charge in [-0.25, -0.2) is 9.37 Å². The van der Waals surface area contributed by atoms with Gasteiger partial charge < -0.3 is 29.8 Å². The highest BCUT2D eigenvalue weighted by Crippen LogP contribution is 2.42. The van der Waals surface area contributed by atoms with Crippen LogP contribution in [0.15, 0.2) is 60.7 Å². The smallest absolute Gasteiger partial charge is 0.254 e. The monoisotopic (exact) mass is 703 g/mol. The maximum absolute atomic E-state index is 14.1. The summed E-state index contributed by atoms with van der Waals surface area (Å²) in [7, 11) is 3.69. The van der Waals surface area contributed by atoms with Gasteiger partial charge in [0, 0.05) is 43.2 Å². The summed E-state index contributed by atoms with van der Waals surface area (Å²) in [5.74, 6) is 2.21. The predicted octanol–water partition coefficient (Wildman–Crippen LogP) is 6.13. The minimum Gasteiger partial charge on any atom is -0.494 e. The number of hydrogen-bond donors (Lipinski definition) is 2. The number of hydrogen-bond acceptors (Lipinski definition) is 6. The van der Waals surface area contributed by atoms with Crippen LogP contribution in [-0.2, 0) is 18.4 Å². The number of rotatable bonds is 9. The molecule has 4 heterocycles. The van der Waals surface area contributed by atoms with Crippen molar-refractivity contribution in [1.29, 1.82) is 0 Å².